The molecule has 0 radical (unpaired) electrons. The number of nitrogens with zero attached hydrogens (tertiary/aromatic N) is 4. The summed E-state index contributed by atoms with van der Waals surface area (Å²) in [6.45, 7) is 1.34. The maximum atomic E-state index is 11.8. The summed E-state index contributed by atoms with van der Waals surface area (Å²) in [7, 11) is 0. The van der Waals surface area contributed by atoms with Gasteiger partial charge in [0.25, 0.3) is 0 Å². The van der Waals surface area contributed by atoms with Crippen molar-refractivity contribution in [3.8, 4) is 5.88 Å². The van der Waals surface area contributed by atoms with Crippen LogP contribution in [-0.4, -0.2) is 47.0 Å². The molecule has 35 heavy (non-hydrogen) atoms. The molecule has 0 aliphatic carbocycles. The van der Waals surface area contributed by atoms with Crippen LogP contribution in [0.2, 0.25) is 0 Å². The summed E-state index contributed by atoms with van der Waals surface area (Å²) in [5.74, 6) is -0.584. The highest BCUT2D eigenvalue weighted by Crippen LogP contribution is 2.18. The Bertz CT molecular complexity index is 1160. The van der Waals surface area contributed by atoms with Crippen LogP contribution in [0, 0.1) is 6.92 Å². The first-order chi connectivity index (χ1) is 17.1. The molecule has 0 aliphatic heterocycles. The number of carbonyl (C=O) groups excluding carboxylic acids is 2. The molecule has 1 amide bonds. The largest absolute Gasteiger partial charge is 0.465 e. The monoisotopic (exact) mass is 494 g/mol. The minimum atomic E-state index is -0.723. The van der Waals surface area contributed by atoms with Gasteiger partial charge in [0.2, 0.25) is 5.88 Å². The number of nitrogens with one attached hydrogen (secondary N) is 2. The first kappa shape index (κ1) is 25.2. The standard InChI is InChI=1S/C23H22N6O5S/c1-17-12-20(32-15-21(30)34-29-25-14-19-10-6-3-7-11-19)27-22(26-17)35-16-33-23(31)28-24-13-18-8-4-2-5-9-18/h2-14,29H,15-16H2,1H3,(H,28,31). The zero-order valence-electron chi connectivity index (χ0n) is 18.7. The molecule has 2 N–H and O–H groups in total. The average Bonchev–Trinajstić information content (AvgIpc) is 2.86. The predicted molar refractivity (Wildman–Crippen MR) is 130 cm³/mol. The summed E-state index contributed by atoms with van der Waals surface area (Å²) in [6.07, 6.45) is 2.28. The Hall–Kier alpha value is -4.45. The number of thioether (sulfide) groups is 1. The number of aromatic nitrogens is 2. The molecule has 0 atom stereocenters. The quantitative estimate of drug-likeness (QED) is 0.135. The van der Waals surface area contributed by atoms with Crippen molar-refractivity contribution in [2.45, 2.75) is 12.1 Å². The Kier molecular flexibility index (Phi) is 10.0. The van der Waals surface area contributed by atoms with Gasteiger partial charge in [0.05, 0.1) is 12.4 Å². The number of hydrogen-bond donors (Lipinski definition) is 2. The van der Waals surface area contributed by atoms with Crippen LogP contribution in [0.4, 0.5) is 4.79 Å². The molecule has 3 rings (SSSR count). The molecule has 0 fully saturated rings. The maximum absolute atomic E-state index is 11.8. The van der Waals surface area contributed by atoms with E-state index < -0.39 is 18.7 Å². The molecule has 12 heteroatoms. The van der Waals surface area contributed by atoms with Crippen LogP contribution in [0.5, 0.6) is 5.88 Å². The van der Waals surface area contributed by atoms with Crippen LogP contribution in [0.15, 0.2) is 82.1 Å². The minimum Gasteiger partial charge on any atom is -0.465 e. The Morgan fingerprint density at radius 3 is 2.31 bits per heavy atom. The Labute approximate surface area is 205 Å². The number of amides is 1. The van der Waals surface area contributed by atoms with E-state index in [0.717, 1.165) is 22.9 Å². The Morgan fingerprint density at radius 2 is 1.63 bits per heavy atom. The van der Waals surface area contributed by atoms with Crippen LogP contribution in [0.25, 0.3) is 0 Å². The van der Waals surface area contributed by atoms with E-state index in [1.807, 2.05) is 60.7 Å². The van der Waals surface area contributed by atoms with Gasteiger partial charge in [-0.05, 0) is 29.8 Å². The summed E-state index contributed by atoms with van der Waals surface area (Å²) in [4.78, 5) is 36.7. The van der Waals surface area contributed by atoms with E-state index in [2.05, 4.69) is 31.2 Å². The van der Waals surface area contributed by atoms with E-state index in [0.29, 0.717) is 10.9 Å². The van der Waals surface area contributed by atoms with E-state index in [-0.39, 0.29) is 11.8 Å². The molecule has 1 heterocycles. The summed E-state index contributed by atoms with van der Waals surface area (Å²) in [5, 5.41) is 7.90. The molecule has 11 nitrogen and oxygen atoms in total. The van der Waals surface area contributed by atoms with Crippen molar-refractivity contribution < 1.29 is 23.9 Å². The van der Waals surface area contributed by atoms with Crippen LogP contribution in [-0.2, 0) is 14.4 Å². The number of ether oxygens (including phenoxy) is 2. The lowest BCUT2D eigenvalue weighted by molar-refractivity contribution is -0.153. The van der Waals surface area contributed by atoms with Crippen LogP contribution >= 0.6 is 11.8 Å². The van der Waals surface area contributed by atoms with Gasteiger partial charge in [-0.15, -0.1) is 5.59 Å². The number of benzene rings is 2. The Balaban J connectivity index is 1.37. The van der Waals surface area contributed by atoms with Crippen molar-refractivity contribution >= 4 is 36.3 Å². The first-order valence-electron chi connectivity index (χ1n) is 10.2. The summed E-state index contributed by atoms with van der Waals surface area (Å²) < 4.78 is 10.4. The molecule has 0 unspecified atom stereocenters. The van der Waals surface area contributed by atoms with Gasteiger partial charge in [-0.1, -0.05) is 60.7 Å². The molecule has 0 spiro atoms. The normalized spacial score (nSPS) is 10.8. The van der Waals surface area contributed by atoms with Crippen molar-refractivity contribution in [3.63, 3.8) is 0 Å². The second kappa shape index (κ2) is 14.0. The van der Waals surface area contributed by atoms with Gasteiger partial charge in [-0.2, -0.15) is 15.2 Å². The molecule has 0 saturated heterocycles. The molecule has 2 aromatic carbocycles. The summed E-state index contributed by atoms with van der Waals surface area (Å²) in [5.41, 5.74) is 6.74. The number of aryl methyl sites for hydroxylation is 1. The van der Waals surface area contributed by atoms with Crippen molar-refractivity contribution in [2.75, 3.05) is 12.5 Å². The molecule has 0 aliphatic rings. The molecule has 0 bridgehead atoms. The van der Waals surface area contributed by atoms with Crippen LogP contribution in [0.3, 0.4) is 0 Å². The SMILES string of the molecule is Cc1cc(OCC(=O)ONN=Cc2ccccc2)nc(SCOC(=O)NN=Cc2ccccc2)n1. The van der Waals surface area contributed by atoms with Crippen molar-refractivity contribution in [3.05, 3.63) is 83.6 Å². The number of rotatable bonds is 11. The van der Waals surface area contributed by atoms with Gasteiger partial charge in [0, 0.05) is 11.8 Å². The smallest absolute Gasteiger partial charge is 0.428 e. The molecule has 1 aromatic heterocycles. The molecular formula is C23H22N6O5S. The number of hydrogen-bond acceptors (Lipinski definition) is 11. The van der Waals surface area contributed by atoms with E-state index in [1.165, 1.54) is 12.4 Å². The lowest BCUT2D eigenvalue weighted by atomic mass is 10.2. The van der Waals surface area contributed by atoms with Crippen LogP contribution in [0.1, 0.15) is 16.8 Å². The van der Waals surface area contributed by atoms with Gasteiger partial charge in [0.1, 0.15) is 5.94 Å². The third kappa shape index (κ3) is 9.92. The van der Waals surface area contributed by atoms with Crippen molar-refractivity contribution in [1.29, 1.82) is 0 Å². The van der Waals surface area contributed by atoms with E-state index >= 15 is 0 Å². The second-order valence-electron chi connectivity index (χ2n) is 6.63. The zero-order chi connectivity index (χ0) is 24.7. The van der Waals surface area contributed by atoms with Gasteiger partial charge < -0.3 is 14.3 Å². The molecule has 3 aromatic rings. The van der Waals surface area contributed by atoms with E-state index in [9.17, 15) is 9.59 Å². The van der Waals surface area contributed by atoms with Gasteiger partial charge in [-0.25, -0.2) is 20.0 Å². The lowest BCUT2D eigenvalue weighted by Crippen LogP contribution is -2.21. The van der Waals surface area contributed by atoms with Crippen LogP contribution < -0.4 is 15.8 Å². The molecule has 180 valence electrons. The lowest BCUT2D eigenvalue weighted by Gasteiger charge is -2.07. The fraction of sp³-hybridized carbons (Fsp3) is 0.130. The van der Waals surface area contributed by atoms with E-state index in [4.69, 9.17) is 14.3 Å². The predicted octanol–water partition coefficient (Wildman–Crippen LogP) is 3.06. The molecular weight excluding hydrogens is 472 g/mol. The third-order valence-electron chi connectivity index (χ3n) is 3.92. The van der Waals surface area contributed by atoms with Crippen molar-refractivity contribution in [2.24, 2.45) is 10.2 Å². The third-order valence-corrected chi connectivity index (χ3v) is 4.60. The highest BCUT2D eigenvalue weighted by Gasteiger charge is 2.09. The minimum absolute atomic E-state index is 0.0546. The fourth-order valence-electron chi connectivity index (χ4n) is 2.40. The highest BCUT2D eigenvalue weighted by atomic mass is 32.2. The van der Waals surface area contributed by atoms with Gasteiger partial charge in [0.15, 0.2) is 11.8 Å². The average molecular weight is 495 g/mol. The Morgan fingerprint density at radius 1 is 0.971 bits per heavy atom. The second-order valence-corrected chi connectivity index (χ2v) is 7.52. The maximum Gasteiger partial charge on any atom is 0.428 e. The van der Waals surface area contributed by atoms with Crippen molar-refractivity contribution in [1.82, 2.24) is 21.0 Å². The first-order valence-corrected chi connectivity index (χ1v) is 11.2. The topological polar surface area (TPSA) is 136 Å². The van der Waals surface area contributed by atoms with Gasteiger partial charge in [-0.3, -0.25) is 0 Å². The number of hydrazone groups is 2. The number of carbonyl (C=O) groups is 2. The fourth-order valence-corrected chi connectivity index (χ4v) is 3.03. The summed E-state index contributed by atoms with van der Waals surface area (Å²) in [6, 6.07) is 20.1. The zero-order valence-corrected chi connectivity index (χ0v) is 19.5. The van der Waals surface area contributed by atoms with Gasteiger partial charge >= 0.3 is 12.1 Å². The summed E-state index contributed by atoms with van der Waals surface area (Å²) >= 11 is 1.07. The van der Waals surface area contributed by atoms with E-state index in [1.54, 1.807) is 13.0 Å². The highest BCUT2D eigenvalue weighted by molar-refractivity contribution is 7.99. The molecule has 0 saturated carbocycles.